The molecule has 2 N–H and O–H groups in total. The number of benzene rings is 1. The van der Waals surface area contributed by atoms with Crippen molar-refractivity contribution in [3.05, 3.63) is 34.1 Å². The number of hydrogen-bond acceptors (Lipinski definition) is 6. The van der Waals surface area contributed by atoms with Gasteiger partial charge in [-0.05, 0) is 6.07 Å². The first kappa shape index (κ1) is 9.79. The number of nitriles is 1. The lowest BCUT2D eigenvalue weighted by atomic mass is 10.1. The maximum Gasteiger partial charge on any atom is 0.296 e. The zero-order valence-corrected chi connectivity index (χ0v) is 7.91. The van der Waals surface area contributed by atoms with Crippen LogP contribution < -0.4 is 5.73 Å². The summed E-state index contributed by atoms with van der Waals surface area (Å²) >= 11 is 0. The van der Waals surface area contributed by atoms with Crippen molar-refractivity contribution in [2.75, 3.05) is 5.73 Å². The maximum absolute atomic E-state index is 10.8. The fourth-order valence-corrected chi connectivity index (χ4v) is 1.37. The third-order valence-corrected chi connectivity index (χ3v) is 2.08. The van der Waals surface area contributed by atoms with Crippen molar-refractivity contribution in [1.29, 1.82) is 5.26 Å². The molecule has 1 heterocycles. The number of fused-ring (bicyclic) bond motifs is 1. The number of nitro groups is 1. The molecule has 7 nitrogen and oxygen atoms in total. The van der Waals surface area contributed by atoms with E-state index in [4.69, 9.17) is 11.0 Å². The lowest BCUT2D eigenvalue weighted by Crippen LogP contribution is -1.98. The molecule has 0 radical (unpaired) electrons. The largest absolute Gasteiger partial charge is 0.383 e. The summed E-state index contributed by atoms with van der Waals surface area (Å²) in [5.74, 6) is 0.116. The van der Waals surface area contributed by atoms with Crippen LogP contribution in [0.2, 0.25) is 0 Å². The molecule has 0 unspecified atom stereocenters. The molecule has 0 amide bonds. The summed E-state index contributed by atoms with van der Waals surface area (Å²) in [6.45, 7) is 0. The summed E-state index contributed by atoms with van der Waals surface area (Å²) in [6, 6.07) is 4.42. The Kier molecular flexibility index (Phi) is 2.10. The van der Waals surface area contributed by atoms with Gasteiger partial charge in [-0.15, -0.1) is 0 Å². The van der Waals surface area contributed by atoms with Crippen LogP contribution in [0.4, 0.5) is 11.5 Å². The Labute approximate surface area is 89.3 Å². The van der Waals surface area contributed by atoms with E-state index in [1.165, 1.54) is 6.07 Å². The molecule has 1 aromatic heterocycles. The Morgan fingerprint density at radius 1 is 1.44 bits per heavy atom. The molecule has 0 aliphatic rings. The van der Waals surface area contributed by atoms with Crippen molar-refractivity contribution < 1.29 is 4.92 Å². The molecule has 0 aliphatic heterocycles. The topological polar surface area (TPSA) is 119 Å². The lowest BCUT2D eigenvalue weighted by Gasteiger charge is -2.01. The van der Waals surface area contributed by atoms with Crippen LogP contribution in [0.5, 0.6) is 0 Å². The highest BCUT2D eigenvalue weighted by Gasteiger charge is 2.16. The van der Waals surface area contributed by atoms with E-state index >= 15 is 0 Å². The highest BCUT2D eigenvalue weighted by Crippen LogP contribution is 2.27. The van der Waals surface area contributed by atoms with Gasteiger partial charge in [0, 0.05) is 6.07 Å². The Morgan fingerprint density at radius 3 is 2.81 bits per heavy atom. The second kappa shape index (κ2) is 3.43. The number of hydrogen-bond donors (Lipinski definition) is 1. The van der Waals surface area contributed by atoms with E-state index in [-0.39, 0.29) is 22.6 Å². The minimum atomic E-state index is -0.602. The Hall–Kier alpha value is -2.75. The molecule has 1 aromatic carbocycles. The normalized spacial score (nSPS) is 9.94. The van der Waals surface area contributed by atoms with Gasteiger partial charge in [0.2, 0.25) is 0 Å². The number of non-ortho nitro benzene ring substituents is 1. The fourth-order valence-electron chi connectivity index (χ4n) is 1.37. The molecule has 7 heteroatoms. The first-order chi connectivity index (χ1) is 7.63. The van der Waals surface area contributed by atoms with Gasteiger partial charge < -0.3 is 5.73 Å². The predicted molar refractivity (Wildman–Crippen MR) is 55.3 cm³/mol. The molecule has 2 rings (SSSR count). The predicted octanol–water partition coefficient (Wildman–Crippen LogP) is 0.992. The molecule has 0 spiro atoms. The van der Waals surface area contributed by atoms with E-state index in [1.807, 2.05) is 6.07 Å². The van der Waals surface area contributed by atoms with Gasteiger partial charge in [0.25, 0.3) is 5.69 Å². The molecule has 2 aromatic rings. The number of nitrogens with two attached hydrogens (primary N) is 1. The zero-order valence-electron chi connectivity index (χ0n) is 7.91. The van der Waals surface area contributed by atoms with E-state index < -0.39 is 4.92 Å². The Bertz CT molecular complexity index is 632. The number of nitro benzene ring substituents is 1. The van der Waals surface area contributed by atoms with Gasteiger partial charge in [0.15, 0.2) is 5.52 Å². The van der Waals surface area contributed by atoms with E-state index in [1.54, 1.807) is 0 Å². The first-order valence-electron chi connectivity index (χ1n) is 4.22. The lowest BCUT2D eigenvalue weighted by molar-refractivity contribution is -0.383. The van der Waals surface area contributed by atoms with Crippen LogP contribution in [-0.2, 0) is 0 Å². The highest BCUT2D eigenvalue weighted by molar-refractivity contribution is 5.94. The summed E-state index contributed by atoms with van der Waals surface area (Å²) < 4.78 is 0. The first-order valence-corrected chi connectivity index (χ1v) is 4.22. The van der Waals surface area contributed by atoms with Crippen molar-refractivity contribution in [3.8, 4) is 6.07 Å². The SMILES string of the molecule is N#Cc1cc([N+](=O)[O-])c2ncnc(N)c2c1. The highest BCUT2D eigenvalue weighted by atomic mass is 16.6. The summed E-state index contributed by atoms with van der Waals surface area (Å²) in [5, 5.41) is 19.8. The van der Waals surface area contributed by atoms with Crippen LogP contribution in [0.15, 0.2) is 18.5 Å². The molecule has 0 bridgehead atoms. The minimum absolute atomic E-state index is 0.116. The Balaban J connectivity index is 2.94. The van der Waals surface area contributed by atoms with E-state index in [0.717, 1.165) is 12.4 Å². The van der Waals surface area contributed by atoms with Gasteiger partial charge in [-0.3, -0.25) is 10.1 Å². The monoisotopic (exact) mass is 215 g/mol. The molecule has 0 fully saturated rings. The van der Waals surface area contributed by atoms with Crippen LogP contribution in [0.1, 0.15) is 5.56 Å². The summed E-state index contributed by atoms with van der Waals surface area (Å²) in [4.78, 5) is 17.7. The quantitative estimate of drug-likeness (QED) is 0.559. The third-order valence-electron chi connectivity index (χ3n) is 2.08. The van der Waals surface area contributed by atoms with Crippen molar-refractivity contribution >= 4 is 22.4 Å². The molecule has 0 atom stereocenters. The summed E-state index contributed by atoms with van der Waals surface area (Å²) in [6.07, 6.45) is 1.15. The second-order valence-electron chi connectivity index (χ2n) is 3.02. The molecule has 0 aliphatic carbocycles. The minimum Gasteiger partial charge on any atom is -0.383 e. The van der Waals surface area contributed by atoms with Crippen LogP contribution in [0, 0.1) is 21.4 Å². The number of anilines is 1. The molecule has 0 saturated heterocycles. The van der Waals surface area contributed by atoms with E-state index in [2.05, 4.69) is 9.97 Å². The fraction of sp³-hybridized carbons (Fsp3) is 0. The van der Waals surface area contributed by atoms with E-state index in [9.17, 15) is 10.1 Å². The molecule has 0 saturated carbocycles. The van der Waals surface area contributed by atoms with Gasteiger partial charge in [0.05, 0.1) is 21.9 Å². The van der Waals surface area contributed by atoms with Gasteiger partial charge in [-0.2, -0.15) is 5.26 Å². The maximum atomic E-state index is 10.8. The number of nitrogens with zero attached hydrogens (tertiary/aromatic N) is 4. The molecular formula is C9H5N5O2. The average Bonchev–Trinajstić information content (AvgIpc) is 2.28. The smallest absolute Gasteiger partial charge is 0.296 e. The number of rotatable bonds is 1. The summed E-state index contributed by atoms with van der Waals surface area (Å²) in [7, 11) is 0. The molecule has 16 heavy (non-hydrogen) atoms. The van der Waals surface area contributed by atoms with Crippen molar-refractivity contribution in [2.45, 2.75) is 0 Å². The molecule has 78 valence electrons. The standard InChI is InChI=1S/C9H5N5O2/c10-3-5-1-6-8(7(2-5)14(15)16)12-4-13-9(6)11/h1-2,4H,(H2,11,12,13). The summed E-state index contributed by atoms with van der Waals surface area (Å²) in [5.41, 5.74) is 5.61. The number of aromatic nitrogens is 2. The zero-order chi connectivity index (χ0) is 11.7. The van der Waals surface area contributed by atoms with Gasteiger partial charge in [0.1, 0.15) is 12.1 Å². The van der Waals surface area contributed by atoms with Gasteiger partial charge in [-0.1, -0.05) is 0 Å². The van der Waals surface area contributed by atoms with Crippen LogP contribution in [0.25, 0.3) is 10.9 Å². The van der Waals surface area contributed by atoms with Crippen molar-refractivity contribution in [2.24, 2.45) is 0 Å². The van der Waals surface area contributed by atoms with Gasteiger partial charge >= 0.3 is 0 Å². The Morgan fingerprint density at radius 2 is 2.19 bits per heavy atom. The molecular weight excluding hydrogens is 210 g/mol. The van der Waals surface area contributed by atoms with Crippen LogP contribution in [0.3, 0.4) is 0 Å². The van der Waals surface area contributed by atoms with E-state index in [0.29, 0.717) is 5.39 Å². The van der Waals surface area contributed by atoms with Gasteiger partial charge in [-0.25, -0.2) is 9.97 Å². The van der Waals surface area contributed by atoms with Crippen molar-refractivity contribution in [1.82, 2.24) is 9.97 Å². The second-order valence-corrected chi connectivity index (χ2v) is 3.02. The number of nitrogen functional groups attached to an aromatic ring is 1. The third kappa shape index (κ3) is 1.38. The van der Waals surface area contributed by atoms with Crippen LogP contribution >= 0.6 is 0 Å². The van der Waals surface area contributed by atoms with Crippen molar-refractivity contribution in [3.63, 3.8) is 0 Å². The van der Waals surface area contributed by atoms with Crippen LogP contribution in [-0.4, -0.2) is 14.9 Å². The average molecular weight is 215 g/mol.